The van der Waals surface area contributed by atoms with Crippen molar-refractivity contribution in [2.45, 2.75) is 32.9 Å². The Morgan fingerprint density at radius 3 is 2.38 bits per heavy atom. The molecule has 6 nitrogen and oxygen atoms in total. The summed E-state index contributed by atoms with van der Waals surface area (Å²) in [5, 5.41) is 6.48. The molecule has 0 heterocycles. The fourth-order valence-corrected chi connectivity index (χ4v) is 2.28. The van der Waals surface area contributed by atoms with Crippen LogP contribution in [-0.4, -0.2) is 68.5 Å². The van der Waals surface area contributed by atoms with Gasteiger partial charge in [0.05, 0.1) is 0 Å². The maximum absolute atomic E-state index is 11.7. The summed E-state index contributed by atoms with van der Waals surface area (Å²) in [6, 6.07) is 10.9. The van der Waals surface area contributed by atoms with Gasteiger partial charge in [0.15, 0.2) is 5.96 Å². The molecule has 0 aliphatic heterocycles. The van der Waals surface area contributed by atoms with E-state index in [-0.39, 0.29) is 36.4 Å². The molecule has 1 amide bonds. The first-order valence-electron chi connectivity index (χ1n) is 8.90. The van der Waals surface area contributed by atoms with E-state index >= 15 is 0 Å². The number of guanidine groups is 1. The van der Waals surface area contributed by atoms with Crippen molar-refractivity contribution in [3.05, 3.63) is 35.9 Å². The molecular formula is C19H34IN5O. The molecular weight excluding hydrogens is 441 g/mol. The largest absolute Gasteiger partial charge is 0.357 e. The summed E-state index contributed by atoms with van der Waals surface area (Å²) in [4.78, 5) is 19.9. The molecule has 1 aromatic rings. The number of hydrogen-bond acceptors (Lipinski definition) is 3. The highest BCUT2D eigenvalue weighted by Gasteiger charge is 2.10. The summed E-state index contributed by atoms with van der Waals surface area (Å²) < 4.78 is 0. The predicted molar refractivity (Wildman–Crippen MR) is 120 cm³/mol. The number of benzene rings is 1. The average Bonchev–Trinajstić information content (AvgIpc) is 2.59. The Hall–Kier alpha value is -1.35. The van der Waals surface area contributed by atoms with Crippen LogP contribution in [0.3, 0.4) is 0 Å². The molecule has 0 aliphatic carbocycles. The second-order valence-corrected chi connectivity index (χ2v) is 6.45. The number of nitrogens with one attached hydrogen (secondary N) is 2. The summed E-state index contributed by atoms with van der Waals surface area (Å²) in [5.41, 5.74) is 1.32. The van der Waals surface area contributed by atoms with Gasteiger partial charge in [-0.25, -0.2) is 4.99 Å². The lowest BCUT2D eigenvalue weighted by atomic mass is 10.1. The van der Waals surface area contributed by atoms with Gasteiger partial charge in [-0.2, -0.15) is 0 Å². The van der Waals surface area contributed by atoms with E-state index in [4.69, 9.17) is 0 Å². The van der Waals surface area contributed by atoms with Crippen molar-refractivity contribution in [1.82, 2.24) is 20.4 Å². The normalized spacial score (nSPS) is 12.3. The number of likely N-dealkylation sites (N-methyl/N-ethyl adjacent to an activating group) is 1. The Kier molecular flexibility index (Phi) is 13.1. The number of nitrogens with zero attached hydrogens (tertiary/aromatic N) is 3. The van der Waals surface area contributed by atoms with Crippen molar-refractivity contribution in [2.75, 3.05) is 40.8 Å². The van der Waals surface area contributed by atoms with Crippen molar-refractivity contribution in [3.8, 4) is 0 Å². The van der Waals surface area contributed by atoms with Crippen LogP contribution in [0.15, 0.2) is 35.3 Å². The fraction of sp³-hybridized carbons (Fsp3) is 0.579. The second-order valence-electron chi connectivity index (χ2n) is 6.45. The first-order valence-corrected chi connectivity index (χ1v) is 8.90. The minimum atomic E-state index is -0.00633. The zero-order valence-corrected chi connectivity index (χ0v) is 19.0. The van der Waals surface area contributed by atoms with Crippen molar-refractivity contribution < 1.29 is 4.79 Å². The van der Waals surface area contributed by atoms with Crippen molar-refractivity contribution in [3.63, 3.8) is 0 Å². The molecule has 1 rings (SSSR count). The lowest BCUT2D eigenvalue weighted by molar-refractivity contribution is -0.127. The summed E-state index contributed by atoms with van der Waals surface area (Å²) >= 11 is 0. The lowest BCUT2D eigenvalue weighted by Gasteiger charge is -2.25. The van der Waals surface area contributed by atoms with Gasteiger partial charge in [0.25, 0.3) is 0 Å². The molecule has 0 fully saturated rings. The Labute approximate surface area is 175 Å². The van der Waals surface area contributed by atoms with Gasteiger partial charge in [-0.15, -0.1) is 24.0 Å². The van der Waals surface area contributed by atoms with Crippen molar-refractivity contribution in [1.29, 1.82) is 0 Å². The standard InChI is InChI=1S/C19H33N5O.HI/c1-6-20-19(22-14-18(25)23(3)4)21-13-12-16(2)24(5)15-17-10-8-7-9-11-17;/h7-11,16H,6,12-15H2,1-5H3,(H2,20,21,22);1H. The van der Waals surface area contributed by atoms with Gasteiger partial charge in [-0.3, -0.25) is 9.69 Å². The van der Waals surface area contributed by atoms with Crippen LogP contribution in [0.25, 0.3) is 0 Å². The van der Waals surface area contributed by atoms with E-state index in [0.717, 1.165) is 26.1 Å². The molecule has 1 atom stereocenters. The number of carbonyl (C=O) groups is 1. The molecule has 0 saturated heterocycles. The van der Waals surface area contributed by atoms with Crippen molar-refractivity contribution in [2.24, 2.45) is 4.99 Å². The Morgan fingerprint density at radius 2 is 1.81 bits per heavy atom. The Bertz CT molecular complexity index is 536. The number of halogens is 1. The fourth-order valence-electron chi connectivity index (χ4n) is 2.28. The van der Waals surface area contributed by atoms with Crippen LogP contribution in [0.2, 0.25) is 0 Å². The highest BCUT2D eigenvalue weighted by atomic mass is 127. The van der Waals surface area contributed by atoms with Gasteiger partial charge < -0.3 is 15.5 Å². The third-order valence-corrected chi connectivity index (χ3v) is 4.10. The van der Waals surface area contributed by atoms with Crippen LogP contribution in [0.1, 0.15) is 25.8 Å². The third-order valence-electron chi connectivity index (χ3n) is 4.10. The van der Waals surface area contributed by atoms with Crippen LogP contribution in [-0.2, 0) is 11.3 Å². The average molecular weight is 475 g/mol. The van der Waals surface area contributed by atoms with Crippen LogP contribution in [0.5, 0.6) is 0 Å². The number of amides is 1. The summed E-state index contributed by atoms with van der Waals surface area (Å²) in [5.74, 6) is 0.684. The van der Waals surface area contributed by atoms with Crippen LogP contribution >= 0.6 is 24.0 Å². The monoisotopic (exact) mass is 475 g/mol. The van der Waals surface area contributed by atoms with Gasteiger partial charge in [-0.1, -0.05) is 30.3 Å². The minimum absolute atomic E-state index is 0. The predicted octanol–water partition coefficient (Wildman–Crippen LogP) is 2.16. The molecule has 0 aromatic heterocycles. The van der Waals surface area contributed by atoms with E-state index in [1.165, 1.54) is 5.56 Å². The Morgan fingerprint density at radius 1 is 1.15 bits per heavy atom. The maximum Gasteiger partial charge on any atom is 0.243 e. The molecule has 148 valence electrons. The Balaban J connectivity index is 0.00000625. The van der Waals surface area contributed by atoms with Gasteiger partial charge in [0.2, 0.25) is 5.91 Å². The van der Waals surface area contributed by atoms with E-state index in [2.05, 4.69) is 58.8 Å². The molecule has 26 heavy (non-hydrogen) atoms. The highest BCUT2D eigenvalue weighted by Crippen LogP contribution is 2.07. The van der Waals surface area contributed by atoms with E-state index < -0.39 is 0 Å². The lowest BCUT2D eigenvalue weighted by Crippen LogP contribution is -2.40. The van der Waals surface area contributed by atoms with Crippen LogP contribution in [0.4, 0.5) is 0 Å². The SMILES string of the molecule is CCNC(=NCC(=O)N(C)C)NCCC(C)N(C)Cc1ccccc1.I. The molecule has 7 heteroatoms. The molecule has 2 N–H and O–H groups in total. The van der Waals surface area contributed by atoms with Gasteiger partial charge in [0.1, 0.15) is 6.54 Å². The number of hydrogen-bond donors (Lipinski definition) is 2. The molecule has 0 spiro atoms. The second kappa shape index (κ2) is 13.8. The molecule has 0 bridgehead atoms. The number of carbonyl (C=O) groups excluding carboxylic acids is 1. The smallest absolute Gasteiger partial charge is 0.243 e. The van der Waals surface area contributed by atoms with E-state index in [9.17, 15) is 4.79 Å². The van der Waals surface area contributed by atoms with Gasteiger partial charge in [0, 0.05) is 39.8 Å². The van der Waals surface area contributed by atoms with E-state index in [1.54, 1.807) is 19.0 Å². The topological polar surface area (TPSA) is 60.0 Å². The number of aliphatic imine (C=N–C) groups is 1. The summed E-state index contributed by atoms with van der Waals surface area (Å²) in [6.07, 6.45) is 0.995. The zero-order chi connectivity index (χ0) is 18.7. The molecule has 1 aromatic carbocycles. The quantitative estimate of drug-likeness (QED) is 0.327. The zero-order valence-electron chi connectivity index (χ0n) is 16.7. The van der Waals surface area contributed by atoms with Gasteiger partial charge in [-0.05, 0) is 32.9 Å². The molecule has 0 radical (unpaired) electrons. The molecule has 0 aliphatic rings. The van der Waals surface area contributed by atoms with Crippen LogP contribution < -0.4 is 10.6 Å². The third kappa shape index (κ3) is 9.96. The van der Waals surface area contributed by atoms with Crippen LogP contribution in [0, 0.1) is 0 Å². The van der Waals surface area contributed by atoms with E-state index in [0.29, 0.717) is 12.0 Å². The maximum atomic E-state index is 11.7. The minimum Gasteiger partial charge on any atom is -0.357 e. The first-order chi connectivity index (χ1) is 11.9. The van der Waals surface area contributed by atoms with Gasteiger partial charge >= 0.3 is 0 Å². The summed E-state index contributed by atoms with van der Waals surface area (Å²) in [6.45, 7) is 6.92. The highest BCUT2D eigenvalue weighted by molar-refractivity contribution is 14.0. The van der Waals surface area contributed by atoms with E-state index in [1.807, 2.05) is 13.0 Å². The van der Waals surface area contributed by atoms with Crippen molar-refractivity contribution >= 4 is 35.8 Å². The molecule has 1 unspecified atom stereocenters. The molecule has 0 saturated carbocycles. The summed E-state index contributed by atoms with van der Waals surface area (Å²) in [7, 11) is 5.62. The number of rotatable bonds is 9. The first kappa shape index (κ1) is 24.7.